The number of aliphatic hydroxyl groups excluding tert-OH is 1. The van der Waals surface area contributed by atoms with Crippen LogP contribution in [0.5, 0.6) is 0 Å². The minimum absolute atomic E-state index is 0.0343. The summed E-state index contributed by atoms with van der Waals surface area (Å²) in [5.41, 5.74) is 1.11. The maximum absolute atomic E-state index is 9.72. The second-order valence-electron chi connectivity index (χ2n) is 3.99. The Morgan fingerprint density at radius 1 is 1.43 bits per heavy atom. The van der Waals surface area contributed by atoms with Gasteiger partial charge in [0.15, 0.2) is 0 Å². The van der Waals surface area contributed by atoms with Crippen LogP contribution in [0.3, 0.4) is 0 Å². The van der Waals surface area contributed by atoms with Gasteiger partial charge in [-0.05, 0) is 43.5 Å². The number of benzene rings is 1. The van der Waals surface area contributed by atoms with E-state index in [9.17, 15) is 5.11 Å². The molecule has 1 aliphatic rings. The lowest BCUT2D eigenvalue weighted by Gasteiger charge is -2.19. The normalized spacial score (nSPS) is 20.6. The molecule has 0 bridgehead atoms. The van der Waals surface area contributed by atoms with Crippen molar-refractivity contribution in [1.82, 2.24) is 0 Å². The Morgan fingerprint density at radius 2 is 2.07 bits per heavy atom. The molecular weight excluding hydrogens is 263 g/mol. The van der Waals surface area contributed by atoms with E-state index in [2.05, 4.69) is 15.9 Å². The summed E-state index contributed by atoms with van der Waals surface area (Å²) >= 11 is 9.39. The fraction of sp³-hybridized carbons (Fsp3) is 0.455. The van der Waals surface area contributed by atoms with Crippen LogP contribution in [-0.2, 0) is 5.41 Å². The summed E-state index contributed by atoms with van der Waals surface area (Å²) in [6.07, 6.45) is 1.81. The van der Waals surface area contributed by atoms with Crippen molar-refractivity contribution >= 4 is 27.5 Å². The van der Waals surface area contributed by atoms with Gasteiger partial charge in [0, 0.05) is 14.9 Å². The SMILES string of the molecule is CC(O)C1(c2cc(Cl)cc(Br)c2)CC1. The molecule has 0 aliphatic heterocycles. The second-order valence-corrected chi connectivity index (χ2v) is 5.34. The molecule has 1 unspecified atom stereocenters. The first-order valence-corrected chi connectivity index (χ1v) is 5.86. The van der Waals surface area contributed by atoms with Crippen molar-refractivity contribution < 1.29 is 5.11 Å². The maximum Gasteiger partial charge on any atom is 0.0608 e. The summed E-state index contributed by atoms with van der Waals surface area (Å²) in [5, 5.41) is 10.4. The molecule has 0 saturated heterocycles. The van der Waals surface area contributed by atoms with Crippen LogP contribution < -0.4 is 0 Å². The third kappa shape index (κ3) is 1.71. The predicted molar refractivity (Wildman–Crippen MR) is 61.7 cm³/mol. The molecule has 0 radical (unpaired) electrons. The fourth-order valence-corrected chi connectivity index (χ4v) is 2.78. The van der Waals surface area contributed by atoms with E-state index < -0.39 is 0 Å². The number of hydrogen-bond acceptors (Lipinski definition) is 1. The van der Waals surface area contributed by atoms with Gasteiger partial charge in [0.1, 0.15) is 0 Å². The van der Waals surface area contributed by atoms with Gasteiger partial charge in [-0.25, -0.2) is 0 Å². The molecule has 1 fully saturated rings. The van der Waals surface area contributed by atoms with Crippen molar-refractivity contribution in [3.8, 4) is 0 Å². The molecule has 0 spiro atoms. The van der Waals surface area contributed by atoms with E-state index in [4.69, 9.17) is 11.6 Å². The molecule has 2 rings (SSSR count). The monoisotopic (exact) mass is 274 g/mol. The molecule has 76 valence electrons. The standard InChI is InChI=1S/C11H12BrClO/c1-7(14)11(2-3-11)8-4-9(12)6-10(13)5-8/h4-7,14H,2-3H2,1H3. The zero-order chi connectivity index (χ0) is 10.3. The highest BCUT2D eigenvalue weighted by molar-refractivity contribution is 9.10. The van der Waals surface area contributed by atoms with Gasteiger partial charge < -0.3 is 5.11 Å². The average Bonchev–Trinajstić information content (AvgIpc) is 2.81. The minimum atomic E-state index is -0.298. The Kier molecular flexibility index (Phi) is 2.63. The molecule has 0 heterocycles. The van der Waals surface area contributed by atoms with Gasteiger partial charge in [0.25, 0.3) is 0 Å². The van der Waals surface area contributed by atoms with Crippen LogP contribution in [0.4, 0.5) is 0 Å². The Morgan fingerprint density at radius 3 is 2.50 bits per heavy atom. The summed E-state index contributed by atoms with van der Waals surface area (Å²) in [7, 11) is 0. The van der Waals surface area contributed by atoms with Gasteiger partial charge in [0.2, 0.25) is 0 Å². The predicted octanol–water partition coefficient (Wildman–Crippen LogP) is 3.51. The van der Waals surface area contributed by atoms with Crippen molar-refractivity contribution in [2.24, 2.45) is 0 Å². The van der Waals surface area contributed by atoms with Crippen LogP contribution in [0.1, 0.15) is 25.3 Å². The van der Waals surface area contributed by atoms with Crippen LogP contribution in [0.25, 0.3) is 0 Å². The van der Waals surface area contributed by atoms with Crippen molar-refractivity contribution in [2.45, 2.75) is 31.3 Å². The lowest BCUT2D eigenvalue weighted by atomic mass is 9.91. The molecule has 1 atom stereocenters. The summed E-state index contributed by atoms with van der Waals surface area (Å²) in [4.78, 5) is 0. The van der Waals surface area contributed by atoms with Gasteiger partial charge in [0.05, 0.1) is 6.10 Å². The fourth-order valence-electron chi connectivity index (χ4n) is 1.92. The first-order valence-electron chi connectivity index (χ1n) is 4.69. The average molecular weight is 276 g/mol. The van der Waals surface area contributed by atoms with E-state index in [0.717, 1.165) is 27.9 Å². The van der Waals surface area contributed by atoms with Crippen molar-refractivity contribution in [3.63, 3.8) is 0 Å². The smallest absolute Gasteiger partial charge is 0.0608 e. The topological polar surface area (TPSA) is 20.2 Å². The molecule has 14 heavy (non-hydrogen) atoms. The van der Waals surface area contributed by atoms with E-state index in [1.807, 2.05) is 25.1 Å². The highest BCUT2D eigenvalue weighted by atomic mass is 79.9. The zero-order valence-electron chi connectivity index (χ0n) is 7.93. The summed E-state index contributed by atoms with van der Waals surface area (Å²) in [6, 6.07) is 5.86. The number of hydrogen-bond donors (Lipinski definition) is 1. The van der Waals surface area contributed by atoms with Crippen LogP contribution in [0, 0.1) is 0 Å². The molecule has 1 aromatic carbocycles. The highest BCUT2D eigenvalue weighted by Crippen LogP contribution is 2.51. The molecule has 0 amide bonds. The van der Waals surface area contributed by atoms with Gasteiger partial charge >= 0.3 is 0 Å². The first kappa shape index (κ1) is 10.5. The van der Waals surface area contributed by atoms with Crippen LogP contribution in [-0.4, -0.2) is 11.2 Å². The van der Waals surface area contributed by atoms with Crippen molar-refractivity contribution in [2.75, 3.05) is 0 Å². The summed E-state index contributed by atoms with van der Waals surface area (Å²) in [6.45, 7) is 1.85. The number of rotatable bonds is 2. The van der Waals surface area contributed by atoms with E-state index >= 15 is 0 Å². The summed E-state index contributed by atoms with van der Waals surface area (Å²) < 4.78 is 0.979. The van der Waals surface area contributed by atoms with Gasteiger partial charge in [-0.2, -0.15) is 0 Å². The molecule has 1 aliphatic carbocycles. The number of aliphatic hydroxyl groups is 1. The first-order chi connectivity index (χ1) is 6.54. The van der Waals surface area contributed by atoms with Gasteiger partial charge in [-0.3, -0.25) is 0 Å². The summed E-state index contributed by atoms with van der Waals surface area (Å²) in [5.74, 6) is 0. The lowest BCUT2D eigenvalue weighted by Crippen LogP contribution is -2.22. The van der Waals surface area contributed by atoms with E-state index in [1.165, 1.54) is 0 Å². The van der Waals surface area contributed by atoms with Gasteiger partial charge in [-0.1, -0.05) is 27.5 Å². The third-order valence-electron chi connectivity index (χ3n) is 3.03. The lowest BCUT2D eigenvalue weighted by molar-refractivity contribution is 0.150. The zero-order valence-corrected chi connectivity index (χ0v) is 10.3. The molecule has 3 heteroatoms. The molecule has 0 aromatic heterocycles. The maximum atomic E-state index is 9.72. The van der Waals surface area contributed by atoms with Crippen LogP contribution in [0.15, 0.2) is 22.7 Å². The Bertz CT molecular complexity index is 338. The quantitative estimate of drug-likeness (QED) is 0.876. The third-order valence-corrected chi connectivity index (χ3v) is 3.70. The number of halogens is 2. The molecule has 1 nitrogen and oxygen atoms in total. The van der Waals surface area contributed by atoms with Gasteiger partial charge in [-0.15, -0.1) is 0 Å². The Labute approximate surface area is 97.2 Å². The van der Waals surface area contributed by atoms with Crippen LogP contribution >= 0.6 is 27.5 Å². The largest absolute Gasteiger partial charge is 0.392 e. The van der Waals surface area contributed by atoms with E-state index in [1.54, 1.807) is 0 Å². The van der Waals surface area contributed by atoms with E-state index in [-0.39, 0.29) is 11.5 Å². The van der Waals surface area contributed by atoms with E-state index in [0.29, 0.717) is 0 Å². The van der Waals surface area contributed by atoms with Crippen molar-refractivity contribution in [1.29, 1.82) is 0 Å². The molecule has 1 N–H and O–H groups in total. The molecule has 1 aromatic rings. The van der Waals surface area contributed by atoms with Crippen LogP contribution in [0.2, 0.25) is 5.02 Å². The minimum Gasteiger partial charge on any atom is -0.392 e. The molecule has 1 saturated carbocycles. The van der Waals surface area contributed by atoms with Crippen molar-refractivity contribution in [3.05, 3.63) is 33.3 Å². The Hall–Kier alpha value is -0.0500. The Balaban J connectivity index is 2.42. The second kappa shape index (κ2) is 3.51. The molecular formula is C11H12BrClO. The highest BCUT2D eigenvalue weighted by Gasteiger charge is 2.48.